The zero-order chi connectivity index (χ0) is 19.9. The molecular formula is C22H28N2O4. The van der Waals surface area contributed by atoms with Gasteiger partial charge in [0.05, 0.1) is 19.3 Å². The Bertz CT molecular complexity index is 781. The van der Waals surface area contributed by atoms with Gasteiger partial charge in [-0.3, -0.25) is 0 Å². The topological polar surface area (TPSA) is 90.8 Å². The first-order valence-corrected chi connectivity index (χ1v) is 9.69. The highest BCUT2D eigenvalue weighted by molar-refractivity contribution is 5.65. The predicted molar refractivity (Wildman–Crippen MR) is 108 cm³/mol. The van der Waals surface area contributed by atoms with Gasteiger partial charge in [-0.25, -0.2) is 4.79 Å². The molecule has 6 heteroatoms. The zero-order valence-corrected chi connectivity index (χ0v) is 16.1. The SMILES string of the molecule is COc1cccc2c1CCCC2NC[C@H](O)[C@H](Cc1ccccc1)NC(=O)O. The lowest BCUT2D eigenvalue weighted by molar-refractivity contribution is 0.114. The normalized spacial score (nSPS) is 18.0. The molecule has 28 heavy (non-hydrogen) atoms. The van der Waals surface area contributed by atoms with E-state index >= 15 is 0 Å². The van der Waals surface area contributed by atoms with Crippen LogP contribution in [0.1, 0.15) is 35.6 Å². The smallest absolute Gasteiger partial charge is 0.404 e. The minimum atomic E-state index is -1.13. The van der Waals surface area contributed by atoms with Crippen LogP contribution in [0.25, 0.3) is 0 Å². The number of aliphatic hydroxyl groups is 1. The molecular weight excluding hydrogens is 356 g/mol. The van der Waals surface area contributed by atoms with E-state index in [2.05, 4.69) is 16.7 Å². The summed E-state index contributed by atoms with van der Waals surface area (Å²) in [5.74, 6) is 0.902. The average molecular weight is 384 g/mol. The highest BCUT2D eigenvalue weighted by Crippen LogP contribution is 2.35. The summed E-state index contributed by atoms with van der Waals surface area (Å²) in [6.45, 7) is 0.305. The van der Waals surface area contributed by atoms with E-state index in [0.717, 1.165) is 30.6 Å². The van der Waals surface area contributed by atoms with Gasteiger partial charge < -0.3 is 25.6 Å². The van der Waals surface area contributed by atoms with E-state index < -0.39 is 18.2 Å². The van der Waals surface area contributed by atoms with Crippen molar-refractivity contribution in [1.82, 2.24) is 10.6 Å². The van der Waals surface area contributed by atoms with Crippen LogP contribution in [0.5, 0.6) is 5.75 Å². The molecule has 1 amide bonds. The predicted octanol–water partition coefficient (Wildman–Crippen LogP) is 2.90. The maximum Gasteiger partial charge on any atom is 0.404 e. The van der Waals surface area contributed by atoms with Crippen LogP contribution in [0.4, 0.5) is 4.79 Å². The summed E-state index contributed by atoms with van der Waals surface area (Å²) in [6, 6.07) is 15.2. The van der Waals surface area contributed by atoms with Crippen LogP contribution in [0.15, 0.2) is 48.5 Å². The summed E-state index contributed by atoms with van der Waals surface area (Å²) in [5, 5.41) is 25.7. The Kier molecular flexibility index (Phi) is 6.90. The number of aliphatic hydroxyl groups excluding tert-OH is 1. The third kappa shape index (κ3) is 5.03. The highest BCUT2D eigenvalue weighted by atomic mass is 16.5. The van der Waals surface area contributed by atoms with Gasteiger partial charge in [-0.15, -0.1) is 0 Å². The van der Waals surface area contributed by atoms with Crippen LogP contribution in [-0.2, 0) is 12.8 Å². The summed E-state index contributed by atoms with van der Waals surface area (Å²) >= 11 is 0. The van der Waals surface area contributed by atoms with Crippen LogP contribution in [-0.4, -0.2) is 42.1 Å². The minimum absolute atomic E-state index is 0.121. The van der Waals surface area contributed by atoms with Crippen molar-refractivity contribution < 1.29 is 19.7 Å². The maximum atomic E-state index is 11.2. The fourth-order valence-electron chi connectivity index (χ4n) is 3.93. The fourth-order valence-corrected chi connectivity index (χ4v) is 3.93. The summed E-state index contributed by atoms with van der Waals surface area (Å²) < 4.78 is 5.48. The summed E-state index contributed by atoms with van der Waals surface area (Å²) in [7, 11) is 1.68. The number of benzene rings is 2. The van der Waals surface area contributed by atoms with Crippen LogP contribution < -0.4 is 15.4 Å². The Morgan fingerprint density at radius 3 is 2.71 bits per heavy atom. The molecule has 150 valence electrons. The van der Waals surface area contributed by atoms with Crippen molar-refractivity contribution >= 4 is 6.09 Å². The molecule has 1 unspecified atom stereocenters. The van der Waals surface area contributed by atoms with Gasteiger partial charge >= 0.3 is 6.09 Å². The molecule has 0 aliphatic heterocycles. The zero-order valence-electron chi connectivity index (χ0n) is 16.1. The molecule has 0 heterocycles. The summed E-state index contributed by atoms with van der Waals surface area (Å²) in [4.78, 5) is 11.2. The molecule has 2 aromatic rings. The molecule has 0 fully saturated rings. The highest BCUT2D eigenvalue weighted by Gasteiger charge is 2.26. The number of carbonyl (C=O) groups is 1. The number of fused-ring (bicyclic) bond motifs is 1. The van der Waals surface area contributed by atoms with Gasteiger partial charge in [-0.05, 0) is 48.4 Å². The van der Waals surface area contributed by atoms with E-state index in [0.29, 0.717) is 13.0 Å². The van der Waals surface area contributed by atoms with E-state index in [9.17, 15) is 9.90 Å². The standard InChI is InChI=1S/C22H28N2O4/c1-28-21-12-6-9-16-17(21)10-5-11-18(16)23-14-20(25)19(24-22(26)27)13-15-7-3-2-4-8-15/h2-4,6-9,12,18-20,23-25H,5,10-11,13-14H2,1H3,(H,26,27)/t18?,19-,20-/m0/s1. The van der Waals surface area contributed by atoms with Crippen molar-refractivity contribution in [3.63, 3.8) is 0 Å². The lowest BCUT2D eigenvalue weighted by Crippen LogP contribution is -2.49. The fraction of sp³-hybridized carbons (Fsp3) is 0.409. The molecule has 0 bridgehead atoms. The number of hydrogen-bond acceptors (Lipinski definition) is 4. The Labute approximate surface area is 165 Å². The van der Waals surface area contributed by atoms with Crippen molar-refractivity contribution in [2.24, 2.45) is 0 Å². The molecule has 1 aliphatic carbocycles. The first kappa shape index (κ1) is 20.2. The molecule has 1 aliphatic rings. The molecule has 0 radical (unpaired) electrons. The van der Waals surface area contributed by atoms with Crippen LogP contribution in [0.2, 0.25) is 0 Å². The first-order valence-electron chi connectivity index (χ1n) is 9.69. The summed E-state index contributed by atoms with van der Waals surface area (Å²) in [6.07, 6.45) is 1.47. The first-order chi connectivity index (χ1) is 13.6. The number of carboxylic acid groups (broad SMARTS) is 1. The minimum Gasteiger partial charge on any atom is -0.496 e. The van der Waals surface area contributed by atoms with Crippen molar-refractivity contribution in [3.8, 4) is 5.75 Å². The van der Waals surface area contributed by atoms with Crippen molar-refractivity contribution in [2.45, 2.75) is 43.9 Å². The number of hydrogen-bond donors (Lipinski definition) is 4. The Morgan fingerprint density at radius 2 is 2.00 bits per heavy atom. The second-order valence-corrected chi connectivity index (χ2v) is 7.19. The largest absolute Gasteiger partial charge is 0.496 e. The molecule has 0 saturated heterocycles. The molecule has 0 spiro atoms. The maximum absolute atomic E-state index is 11.2. The molecule has 3 rings (SSSR count). The second-order valence-electron chi connectivity index (χ2n) is 7.19. The average Bonchev–Trinajstić information content (AvgIpc) is 2.71. The van der Waals surface area contributed by atoms with Crippen molar-refractivity contribution in [1.29, 1.82) is 0 Å². The van der Waals surface area contributed by atoms with Gasteiger partial charge in [0.2, 0.25) is 0 Å². The van der Waals surface area contributed by atoms with Gasteiger partial charge in [0.1, 0.15) is 5.75 Å². The number of amides is 1. The van der Waals surface area contributed by atoms with Crippen molar-refractivity contribution in [2.75, 3.05) is 13.7 Å². The van der Waals surface area contributed by atoms with Crippen LogP contribution >= 0.6 is 0 Å². The van der Waals surface area contributed by atoms with E-state index in [1.54, 1.807) is 7.11 Å². The molecule has 0 saturated carbocycles. The van der Waals surface area contributed by atoms with Gasteiger partial charge in [0.25, 0.3) is 0 Å². The van der Waals surface area contributed by atoms with Crippen LogP contribution in [0, 0.1) is 0 Å². The van der Waals surface area contributed by atoms with Crippen molar-refractivity contribution in [3.05, 3.63) is 65.2 Å². The molecule has 3 atom stereocenters. The van der Waals surface area contributed by atoms with E-state index in [-0.39, 0.29) is 6.04 Å². The monoisotopic (exact) mass is 384 g/mol. The van der Waals surface area contributed by atoms with Gasteiger partial charge in [-0.2, -0.15) is 0 Å². The number of nitrogens with one attached hydrogen (secondary N) is 2. The molecule has 2 aromatic carbocycles. The van der Waals surface area contributed by atoms with Crippen LogP contribution in [0.3, 0.4) is 0 Å². The molecule has 6 nitrogen and oxygen atoms in total. The van der Waals surface area contributed by atoms with E-state index in [4.69, 9.17) is 9.84 Å². The third-order valence-electron chi connectivity index (χ3n) is 5.33. The quantitative estimate of drug-likeness (QED) is 0.562. The lowest BCUT2D eigenvalue weighted by atomic mass is 9.87. The van der Waals surface area contributed by atoms with E-state index in [1.165, 1.54) is 11.1 Å². The second kappa shape index (κ2) is 9.57. The van der Waals surface area contributed by atoms with Gasteiger partial charge in [-0.1, -0.05) is 42.5 Å². The Hall–Kier alpha value is -2.57. The van der Waals surface area contributed by atoms with E-state index in [1.807, 2.05) is 42.5 Å². The Morgan fingerprint density at radius 1 is 1.21 bits per heavy atom. The number of methoxy groups -OCH3 is 1. The molecule has 4 N–H and O–H groups in total. The number of rotatable bonds is 8. The summed E-state index contributed by atoms with van der Waals surface area (Å²) in [5.41, 5.74) is 3.39. The number of ether oxygens (including phenoxy) is 1. The molecule has 0 aromatic heterocycles. The Balaban J connectivity index is 1.66. The third-order valence-corrected chi connectivity index (χ3v) is 5.33. The van der Waals surface area contributed by atoms with Gasteiger partial charge in [0, 0.05) is 12.6 Å². The lowest BCUT2D eigenvalue weighted by Gasteiger charge is -2.30. The van der Waals surface area contributed by atoms with Gasteiger partial charge in [0.15, 0.2) is 0 Å².